The Kier molecular flexibility index (Phi) is 7.76. The zero-order chi connectivity index (χ0) is 17.3. The van der Waals surface area contributed by atoms with Gasteiger partial charge in [0.15, 0.2) is 17.5 Å². The smallest absolute Gasteiger partial charge is 0.210 e. The van der Waals surface area contributed by atoms with E-state index in [9.17, 15) is 12.8 Å². The summed E-state index contributed by atoms with van der Waals surface area (Å²) in [5.41, 5.74) is 0. The Bertz CT molecular complexity index is 622. The number of aliphatic imine (C=N–C) groups is 1. The van der Waals surface area contributed by atoms with Gasteiger partial charge < -0.3 is 15.4 Å². The number of nitrogens with zero attached hydrogens (tertiary/aromatic N) is 1. The Morgan fingerprint density at radius 2 is 2.09 bits per heavy atom. The molecule has 23 heavy (non-hydrogen) atoms. The van der Waals surface area contributed by atoms with E-state index in [2.05, 4.69) is 15.6 Å². The summed E-state index contributed by atoms with van der Waals surface area (Å²) in [5.74, 6) is -0.0115. The minimum Gasteiger partial charge on any atom is -0.486 e. The molecule has 0 aliphatic rings. The zero-order valence-corrected chi connectivity index (χ0v) is 14.1. The van der Waals surface area contributed by atoms with Gasteiger partial charge in [0.1, 0.15) is 6.10 Å². The normalized spacial score (nSPS) is 13.5. The number of guanidine groups is 1. The number of hydrogen-bond acceptors (Lipinski definition) is 4. The zero-order valence-electron chi connectivity index (χ0n) is 13.3. The van der Waals surface area contributed by atoms with E-state index >= 15 is 0 Å². The molecule has 0 saturated carbocycles. The van der Waals surface area contributed by atoms with Gasteiger partial charge in [0.05, 0.1) is 12.3 Å². The Morgan fingerprint density at radius 1 is 1.39 bits per heavy atom. The van der Waals surface area contributed by atoms with E-state index in [0.717, 1.165) is 0 Å². The first-order chi connectivity index (χ1) is 10.8. The number of sulfonamides is 1. The SMILES string of the molecule is CCNC(=NCC(C)Oc1ccccc1F)NCCS(N)(=O)=O. The molecule has 0 radical (unpaired) electrons. The summed E-state index contributed by atoms with van der Waals surface area (Å²) >= 11 is 0. The lowest BCUT2D eigenvalue weighted by molar-refractivity contribution is 0.220. The number of primary sulfonamides is 1. The van der Waals surface area contributed by atoms with Crippen LogP contribution in [0.3, 0.4) is 0 Å². The highest BCUT2D eigenvalue weighted by Gasteiger charge is 2.08. The summed E-state index contributed by atoms with van der Waals surface area (Å²) in [5, 5.41) is 10.8. The summed E-state index contributed by atoms with van der Waals surface area (Å²) in [4.78, 5) is 4.27. The van der Waals surface area contributed by atoms with Crippen LogP contribution in [-0.2, 0) is 10.0 Å². The van der Waals surface area contributed by atoms with E-state index in [1.807, 2.05) is 6.92 Å². The van der Waals surface area contributed by atoms with Crippen molar-refractivity contribution in [3.05, 3.63) is 30.1 Å². The third kappa shape index (κ3) is 8.36. The van der Waals surface area contributed by atoms with Crippen LogP contribution in [0.25, 0.3) is 0 Å². The lowest BCUT2D eigenvalue weighted by Gasteiger charge is -2.15. The molecule has 0 amide bonds. The fourth-order valence-corrected chi connectivity index (χ4v) is 2.05. The maximum Gasteiger partial charge on any atom is 0.210 e. The third-order valence-corrected chi connectivity index (χ3v) is 3.47. The summed E-state index contributed by atoms with van der Waals surface area (Å²) in [7, 11) is -3.52. The second-order valence-electron chi connectivity index (χ2n) is 4.87. The van der Waals surface area contributed by atoms with Crippen molar-refractivity contribution < 1.29 is 17.5 Å². The summed E-state index contributed by atoms with van der Waals surface area (Å²) in [6.45, 7) is 4.69. The van der Waals surface area contributed by atoms with Crippen LogP contribution in [0.2, 0.25) is 0 Å². The molecule has 0 fully saturated rings. The number of nitrogens with two attached hydrogens (primary N) is 1. The van der Waals surface area contributed by atoms with Crippen molar-refractivity contribution in [1.29, 1.82) is 0 Å². The first-order valence-corrected chi connectivity index (χ1v) is 8.97. The number of halogens is 1. The molecule has 1 aromatic carbocycles. The fraction of sp³-hybridized carbons (Fsp3) is 0.500. The predicted molar refractivity (Wildman–Crippen MR) is 88.4 cm³/mol. The lowest BCUT2D eigenvalue weighted by Crippen LogP contribution is -2.41. The van der Waals surface area contributed by atoms with Crippen LogP contribution < -0.4 is 20.5 Å². The summed E-state index contributed by atoms with van der Waals surface area (Å²) in [6, 6.07) is 6.15. The van der Waals surface area contributed by atoms with Crippen molar-refractivity contribution in [1.82, 2.24) is 10.6 Å². The van der Waals surface area contributed by atoms with Gasteiger partial charge in [-0.05, 0) is 26.0 Å². The van der Waals surface area contributed by atoms with Crippen molar-refractivity contribution in [2.45, 2.75) is 20.0 Å². The van der Waals surface area contributed by atoms with Crippen molar-refractivity contribution in [2.75, 3.05) is 25.4 Å². The van der Waals surface area contributed by atoms with E-state index in [4.69, 9.17) is 9.88 Å². The van der Waals surface area contributed by atoms with Gasteiger partial charge in [0, 0.05) is 13.1 Å². The van der Waals surface area contributed by atoms with Gasteiger partial charge in [-0.15, -0.1) is 0 Å². The van der Waals surface area contributed by atoms with Crippen molar-refractivity contribution in [2.24, 2.45) is 10.1 Å². The molecule has 0 aliphatic carbocycles. The minimum atomic E-state index is -3.52. The second kappa shape index (κ2) is 9.31. The van der Waals surface area contributed by atoms with Gasteiger partial charge in [-0.2, -0.15) is 0 Å². The average molecular weight is 346 g/mol. The Hall–Kier alpha value is -1.87. The van der Waals surface area contributed by atoms with Gasteiger partial charge in [-0.25, -0.2) is 22.9 Å². The molecule has 1 aromatic rings. The summed E-state index contributed by atoms with van der Waals surface area (Å²) < 4.78 is 40.8. The lowest BCUT2D eigenvalue weighted by atomic mass is 10.3. The molecule has 0 spiro atoms. The molecule has 4 N–H and O–H groups in total. The first-order valence-electron chi connectivity index (χ1n) is 7.25. The molecular formula is C14H23FN4O3S. The van der Waals surface area contributed by atoms with Crippen LogP contribution >= 0.6 is 0 Å². The fourth-order valence-electron chi connectivity index (χ4n) is 1.67. The minimum absolute atomic E-state index is 0.146. The second-order valence-corrected chi connectivity index (χ2v) is 6.61. The number of nitrogens with one attached hydrogen (secondary N) is 2. The van der Waals surface area contributed by atoms with Crippen molar-refractivity contribution in [3.8, 4) is 5.75 Å². The molecular weight excluding hydrogens is 323 g/mol. The van der Waals surface area contributed by atoms with E-state index in [1.54, 1.807) is 25.1 Å². The largest absolute Gasteiger partial charge is 0.486 e. The topological polar surface area (TPSA) is 106 Å². The van der Waals surface area contributed by atoms with Gasteiger partial charge in [-0.1, -0.05) is 12.1 Å². The molecule has 1 rings (SSSR count). The maximum absolute atomic E-state index is 13.5. The Labute approximate surface area is 136 Å². The maximum atomic E-state index is 13.5. The number of ether oxygens (including phenoxy) is 1. The Morgan fingerprint density at radius 3 is 2.70 bits per heavy atom. The highest BCUT2D eigenvalue weighted by Crippen LogP contribution is 2.16. The molecule has 0 aliphatic heterocycles. The number of rotatable bonds is 8. The summed E-state index contributed by atoms with van der Waals surface area (Å²) in [6.07, 6.45) is -0.347. The first kappa shape index (κ1) is 19.2. The van der Waals surface area contributed by atoms with Crippen LogP contribution in [-0.4, -0.2) is 45.9 Å². The van der Waals surface area contributed by atoms with E-state index in [1.165, 1.54) is 6.07 Å². The standard InChI is InChI=1S/C14H23FN4O3S/c1-3-17-14(18-8-9-23(16,20)21)19-10-11(2)22-13-7-5-4-6-12(13)15/h4-7,11H,3,8-10H2,1-2H3,(H2,16,20,21)(H2,17,18,19). The van der Waals surface area contributed by atoms with Gasteiger partial charge in [0.25, 0.3) is 0 Å². The average Bonchev–Trinajstić information content (AvgIpc) is 2.46. The highest BCUT2D eigenvalue weighted by molar-refractivity contribution is 7.89. The van der Waals surface area contributed by atoms with Crippen LogP contribution in [0, 0.1) is 5.82 Å². The van der Waals surface area contributed by atoms with Gasteiger partial charge in [-0.3, -0.25) is 0 Å². The van der Waals surface area contributed by atoms with Crippen molar-refractivity contribution in [3.63, 3.8) is 0 Å². The van der Waals surface area contributed by atoms with Crippen molar-refractivity contribution >= 4 is 16.0 Å². The molecule has 0 saturated heterocycles. The predicted octanol–water partition coefficient (Wildman–Crippen LogP) is 0.437. The van der Waals surface area contributed by atoms with E-state index < -0.39 is 15.8 Å². The molecule has 9 heteroatoms. The monoisotopic (exact) mass is 346 g/mol. The van der Waals surface area contributed by atoms with Crippen LogP contribution in [0.4, 0.5) is 4.39 Å². The van der Waals surface area contributed by atoms with Crippen LogP contribution in [0.1, 0.15) is 13.8 Å². The molecule has 1 unspecified atom stereocenters. The number of hydrogen-bond donors (Lipinski definition) is 3. The highest BCUT2D eigenvalue weighted by atomic mass is 32.2. The quantitative estimate of drug-likeness (QED) is 0.468. The molecule has 1 atom stereocenters. The van der Waals surface area contributed by atoms with E-state index in [-0.39, 0.29) is 30.7 Å². The van der Waals surface area contributed by atoms with Crippen LogP contribution in [0.5, 0.6) is 5.75 Å². The third-order valence-electron chi connectivity index (χ3n) is 2.69. The molecule has 130 valence electrons. The number of para-hydroxylation sites is 1. The number of benzene rings is 1. The van der Waals surface area contributed by atoms with E-state index in [0.29, 0.717) is 12.5 Å². The molecule has 0 heterocycles. The molecule has 0 aromatic heterocycles. The van der Waals surface area contributed by atoms with Crippen LogP contribution in [0.15, 0.2) is 29.3 Å². The molecule has 0 bridgehead atoms. The van der Waals surface area contributed by atoms with Gasteiger partial charge in [0.2, 0.25) is 10.0 Å². The van der Waals surface area contributed by atoms with Gasteiger partial charge >= 0.3 is 0 Å². The Balaban J connectivity index is 2.53. The molecule has 7 nitrogen and oxygen atoms in total.